The number of methoxy groups -OCH3 is 2. The van der Waals surface area contributed by atoms with Gasteiger partial charge in [-0.15, -0.1) is 11.8 Å². The van der Waals surface area contributed by atoms with Gasteiger partial charge in [0.15, 0.2) is 0 Å². The van der Waals surface area contributed by atoms with Crippen LogP contribution in [0.5, 0.6) is 11.5 Å². The number of hydrogen-bond donors (Lipinski definition) is 1. The smallest absolute Gasteiger partial charge is 0.123 e. The van der Waals surface area contributed by atoms with Crippen molar-refractivity contribution in [3.8, 4) is 22.6 Å². The first-order valence-electron chi connectivity index (χ1n) is 8.22. The molecule has 0 aromatic heterocycles. The minimum absolute atomic E-state index is 0.498. The summed E-state index contributed by atoms with van der Waals surface area (Å²) in [5, 5.41) is 0. The monoisotopic (exact) mass is 356 g/mol. The summed E-state index contributed by atoms with van der Waals surface area (Å²) in [7, 11) is 3.34. The molecule has 0 saturated heterocycles. The van der Waals surface area contributed by atoms with Crippen LogP contribution in [0.3, 0.4) is 0 Å². The van der Waals surface area contributed by atoms with Crippen LogP contribution in [-0.2, 0) is 6.54 Å². The number of allylic oxidation sites excluding steroid dienone is 2. The normalized spacial score (nSPS) is 14.2. The molecular formula is C20H24N2O2S. The highest BCUT2D eigenvalue weighted by atomic mass is 32.2. The van der Waals surface area contributed by atoms with Crippen LogP contribution in [0.25, 0.3) is 11.1 Å². The van der Waals surface area contributed by atoms with Crippen LogP contribution in [-0.4, -0.2) is 20.1 Å². The second-order valence-electron chi connectivity index (χ2n) is 5.96. The summed E-state index contributed by atoms with van der Waals surface area (Å²) >= 11 is 1.86. The van der Waals surface area contributed by atoms with E-state index < -0.39 is 0 Å². The molecule has 1 aliphatic heterocycles. The molecule has 5 heteroatoms. The van der Waals surface area contributed by atoms with Gasteiger partial charge in [0, 0.05) is 28.8 Å². The molecule has 4 nitrogen and oxygen atoms in total. The maximum Gasteiger partial charge on any atom is 0.123 e. The van der Waals surface area contributed by atoms with E-state index in [4.69, 9.17) is 15.2 Å². The van der Waals surface area contributed by atoms with Gasteiger partial charge in [-0.1, -0.05) is 18.2 Å². The maximum absolute atomic E-state index is 6.06. The number of nitrogens with zero attached hydrogens (tertiary/aromatic N) is 1. The molecule has 25 heavy (non-hydrogen) atoms. The van der Waals surface area contributed by atoms with E-state index in [2.05, 4.69) is 36.9 Å². The van der Waals surface area contributed by atoms with Gasteiger partial charge >= 0.3 is 0 Å². The fourth-order valence-electron chi connectivity index (χ4n) is 3.06. The number of anilines is 1. The SMILES string of the molecule is COc1cc(OC)cc(-c2cccc(CN)c2N2CSC(C)=C2C)c1. The number of benzene rings is 2. The van der Waals surface area contributed by atoms with Gasteiger partial charge in [-0.05, 0) is 37.1 Å². The van der Waals surface area contributed by atoms with E-state index in [-0.39, 0.29) is 0 Å². The van der Waals surface area contributed by atoms with Crippen LogP contribution in [0.1, 0.15) is 19.4 Å². The number of nitrogens with two attached hydrogens (primary N) is 1. The van der Waals surface area contributed by atoms with E-state index in [0.29, 0.717) is 6.54 Å². The molecule has 0 fully saturated rings. The predicted octanol–water partition coefficient (Wildman–Crippen LogP) is 4.59. The predicted molar refractivity (Wildman–Crippen MR) is 106 cm³/mol. The Morgan fingerprint density at radius 2 is 1.76 bits per heavy atom. The van der Waals surface area contributed by atoms with Crippen molar-refractivity contribution in [1.29, 1.82) is 0 Å². The Morgan fingerprint density at radius 3 is 2.28 bits per heavy atom. The van der Waals surface area contributed by atoms with Crippen LogP contribution >= 0.6 is 11.8 Å². The largest absolute Gasteiger partial charge is 0.497 e. The highest BCUT2D eigenvalue weighted by molar-refractivity contribution is 8.03. The molecule has 1 aliphatic rings. The minimum atomic E-state index is 0.498. The van der Waals surface area contributed by atoms with Crippen LogP contribution in [0.4, 0.5) is 5.69 Å². The first-order valence-corrected chi connectivity index (χ1v) is 9.20. The van der Waals surface area contributed by atoms with Gasteiger partial charge in [-0.3, -0.25) is 0 Å². The molecule has 0 unspecified atom stereocenters. The molecule has 3 rings (SSSR count). The zero-order chi connectivity index (χ0) is 18.0. The van der Waals surface area contributed by atoms with Gasteiger partial charge in [0.1, 0.15) is 11.5 Å². The fourth-order valence-corrected chi connectivity index (χ4v) is 4.02. The third-order valence-corrected chi connectivity index (χ3v) is 5.71. The fraction of sp³-hybridized carbons (Fsp3) is 0.300. The molecule has 2 aromatic carbocycles. The van der Waals surface area contributed by atoms with Crippen molar-refractivity contribution in [2.24, 2.45) is 5.73 Å². The molecule has 0 radical (unpaired) electrons. The first-order chi connectivity index (χ1) is 12.1. The van der Waals surface area contributed by atoms with Crippen LogP contribution in [0, 0.1) is 0 Å². The summed E-state index contributed by atoms with van der Waals surface area (Å²) < 4.78 is 10.9. The number of thioether (sulfide) groups is 1. The number of ether oxygens (including phenoxy) is 2. The Labute approximate surface area is 153 Å². The molecule has 0 saturated carbocycles. The third kappa shape index (κ3) is 3.34. The second-order valence-corrected chi connectivity index (χ2v) is 7.12. The molecule has 2 aromatic rings. The van der Waals surface area contributed by atoms with E-state index in [0.717, 1.165) is 34.1 Å². The average molecular weight is 356 g/mol. The van der Waals surface area contributed by atoms with E-state index in [1.54, 1.807) is 14.2 Å². The molecule has 0 spiro atoms. The van der Waals surface area contributed by atoms with Crippen molar-refractivity contribution >= 4 is 17.4 Å². The highest BCUT2D eigenvalue weighted by Gasteiger charge is 2.24. The van der Waals surface area contributed by atoms with Crippen molar-refractivity contribution in [3.05, 3.63) is 52.6 Å². The van der Waals surface area contributed by atoms with Crippen LogP contribution in [0.2, 0.25) is 0 Å². The van der Waals surface area contributed by atoms with Gasteiger partial charge in [0.2, 0.25) is 0 Å². The lowest BCUT2D eigenvalue weighted by atomic mass is 9.98. The Kier molecular flexibility index (Phi) is 5.25. The summed E-state index contributed by atoms with van der Waals surface area (Å²) in [5.41, 5.74) is 11.8. The molecule has 2 N–H and O–H groups in total. The maximum atomic E-state index is 6.06. The molecular weight excluding hydrogens is 332 g/mol. The topological polar surface area (TPSA) is 47.7 Å². The Morgan fingerprint density at radius 1 is 1.08 bits per heavy atom. The highest BCUT2D eigenvalue weighted by Crippen LogP contribution is 2.43. The van der Waals surface area contributed by atoms with E-state index in [1.165, 1.54) is 16.3 Å². The summed E-state index contributed by atoms with van der Waals surface area (Å²) in [6.07, 6.45) is 0. The quantitative estimate of drug-likeness (QED) is 0.849. The van der Waals surface area contributed by atoms with E-state index >= 15 is 0 Å². The van der Waals surface area contributed by atoms with Crippen LogP contribution in [0.15, 0.2) is 47.0 Å². The standard InChI is InChI=1S/C20H24N2O2S/c1-13-14(2)25-12-22(13)20-15(11-21)6-5-7-19(20)16-8-17(23-3)10-18(9-16)24-4/h5-10H,11-12,21H2,1-4H3. The van der Waals surface area contributed by atoms with Crippen molar-refractivity contribution in [1.82, 2.24) is 0 Å². The Balaban J connectivity index is 2.21. The lowest BCUT2D eigenvalue weighted by Gasteiger charge is -2.26. The molecule has 0 amide bonds. The van der Waals surface area contributed by atoms with Gasteiger partial charge in [0.05, 0.1) is 25.8 Å². The molecule has 0 aliphatic carbocycles. The van der Waals surface area contributed by atoms with Crippen molar-refractivity contribution < 1.29 is 9.47 Å². The second kappa shape index (κ2) is 7.42. The van der Waals surface area contributed by atoms with Crippen molar-refractivity contribution in [3.63, 3.8) is 0 Å². The Bertz CT molecular complexity index is 795. The lowest BCUT2D eigenvalue weighted by molar-refractivity contribution is 0.394. The van der Waals surface area contributed by atoms with Crippen molar-refractivity contribution in [2.75, 3.05) is 25.0 Å². The molecule has 0 atom stereocenters. The first kappa shape index (κ1) is 17.7. The number of hydrogen-bond acceptors (Lipinski definition) is 5. The minimum Gasteiger partial charge on any atom is -0.497 e. The summed E-state index contributed by atoms with van der Waals surface area (Å²) in [4.78, 5) is 3.70. The van der Waals surface area contributed by atoms with Gasteiger partial charge in [0.25, 0.3) is 0 Å². The van der Waals surface area contributed by atoms with Crippen LogP contribution < -0.4 is 20.1 Å². The number of rotatable bonds is 5. The lowest BCUT2D eigenvalue weighted by Crippen LogP contribution is -2.19. The van der Waals surface area contributed by atoms with Crippen molar-refractivity contribution in [2.45, 2.75) is 20.4 Å². The van der Waals surface area contributed by atoms with Gasteiger partial charge in [-0.25, -0.2) is 0 Å². The third-order valence-electron chi connectivity index (χ3n) is 4.60. The summed E-state index contributed by atoms with van der Waals surface area (Å²) in [5.74, 6) is 2.46. The zero-order valence-electron chi connectivity index (χ0n) is 15.1. The van der Waals surface area contributed by atoms with E-state index in [1.807, 2.05) is 30.0 Å². The molecule has 0 bridgehead atoms. The Hall–Kier alpha value is -2.11. The molecule has 132 valence electrons. The average Bonchev–Trinajstić information content (AvgIpc) is 2.99. The summed E-state index contributed by atoms with van der Waals surface area (Å²) in [6, 6.07) is 12.3. The number of para-hydroxylation sites is 1. The van der Waals surface area contributed by atoms with E-state index in [9.17, 15) is 0 Å². The van der Waals surface area contributed by atoms with Gasteiger partial charge in [-0.2, -0.15) is 0 Å². The zero-order valence-corrected chi connectivity index (χ0v) is 15.9. The molecule has 1 heterocycles. The summed E-state index contributed by atoms with van der Waals surface area (Å²) in [6.45, 7) is 4.83. The van der Waals surface area contributed by atoms with Gasteiger partial charge < -0.3 is 20.1 Å².